The SMILES string of the molecule is O=C1c2c3ccc(c2C(=O)N1Cc1ccccc1)CCc1ccc(c2c1C(=O)N(Cc1ccccc1)C2=O)CC3. The van der Waals surface area contributed by atoms with Gasteiger partial charge in [-0.1, -0.05) is 84.9 Å². The number of hydrogen-bond acceptors (Lipinski definition) is 4. The fraction of sp³-hybridized carbons (Fsp3) is 0.176. The molecule has 0 radical (unpaired) electrons. The van der Waals surface area contributed by atoms with Gasteiger partial charge in [0.25, 0.3) is 23.6 Å². The van der Waals surface area contributed by atoms with Crippen LogP contribution in [0.5, 0.6) is 0 Å². The molecular weight excluding hydrogens is 500 g/mol. The van der Waals surface area contributed by atoms with Gasteiger partial charge in [0.1, 0.15) is 0 Å². The predicted molar refractivity (Wildman–Crippen MR) is 149 cm³/mol. The van der Waals surface area contributed by atoms with E-state index in [9.17, 15) is 19.2 Å². The number of fused-ring (bicyclic) bond motifs is 4. The molecule has 4 aromatic rings. The lowest BCUT2D eigenvalue weighted by molar-refractivity contribution is 0.0626. The summed E-state index contributed by atoms with van der Waals surface area (Å²) in [6.07, 6.45) is 1.92. The largest absolute Gasteiger partial charge is 0.270 e. The highest BCUT2D eigenvalue weighted by molar-refractivity contribution is 6.23. The van der Waals surface area contributed by atoms with Gasteiger partial charge in [0.2, 0.25) is 0 Å². The molecule has 2 aliphatic heterocycles. The molecule has 4 aromatic carbocycles. The molecule has 6 heteroatoms. The molecule has 0 atom stereocenters. The summed E-state index contributed by atoms with van der Waals surface area (Å²) in [5.41, 5.74) is 6.90. The van der Waals surface area contributed by atoms with Crippen molar-refractivity contribution < 1.29 is 19.2 Å². The highest BCUT2D eigenvalue weighted by Crippen LogP contribution is 2.36. The summed E-state index contributed by atoms with van der Waals surface area (Å²) in [5.74, 6) is -1.07. The third kappa shape index (κ3) is 3.79. The van der Waals surface area contributed by atoms with Gasteiger partial charge in [-0.2, -0.15) is 0 Å². The second-order valence-corrected chi connectivity index (χ2v) is 10.6. The second-order valence-electron chi connectivity index (χ2n) is 10.6. The molecule has 0 saturated carbocycles. The first kappa shape index (κ1) is 24.2. The summed E-state index contributed by atoms with van der Waals surface area (Å²) < 4.78 is 0. The van der Waals surface area contributed by atoms with Gasteiger partial charge in [-0.15, -0.1) is 0 Å². The topological polar surface area (TPSA) is 74.8 Å². The van der Waals surface area contributed by atoms with Crippen LogP contribution in [0.4, 0.5) is 0 Å². The molecular formula is C34H26N2O4. The number of carbonyl (C=O) groups is 4. The molecule has 0 saturated heterocycles. The molecule has 0 N–H and O–H groups in total. The zero-order chi connectivity index (χ0) is 27.4. The van der Waals surface area contributed by atoms with Crippen molar-refractivity contribution in [1.82, 2.24) is 9.80 Å². The van der Waals surface area contributed by atoms with Crippen LogP contribution in [0.1, 0.15) is 74.8 Å². The van der Waals surface area contributed by atoms with E-state index in [1.54, 1.807) is 0 Å². The minimum atomic E-state index is -0.267. The number of hydrogen-bond donors (Lipinski definition) is 0. The predicted octanol–water partition coefficient (Wildman–Crippen LogP) is 5.16. The van der Waals surface area contributed by atoms with Gasteiger partial charge in [-0.25, -0.2) is 0 Å². The first-order chi connectivity index (χ1) is 19.5. The molecule has 8 rings (SSSR count). The Balaban J connectivity index is 1.26. The van der Waals surface area contributed by atoms with Gasteiger partial charge in [0, 0.05) is 0 Å². The molecule has 2 heterocycles. The summed E-state index contributed by atoms with van der Waals surface area (Å²) in [6, 6.07) is 26.8. The van der Waals surface area contributed by atoms with E-state index >= 15 is 0 Å². The smallest absolute Gasteiger partial charge is 0.262 e. The maximum absolute atomic E-state index is 13.7. The molecule has 4 aliphatic rings. The van der Waals surface area contributed by atoms with Crippen molar-refractivity contribution in [3.8, 4) is 0 Å². The average molecular weight is 527 g/mol. The Morgan fingerprint density at radius 1 is 0.400 bits per heavy atom. The van der Waals surface area contributed by atoms with Crippen molar-refractivity contribution in [1.29, 1.82) is 0 Å². The van der Waals surface area contributed by atoms with Gasteiger partial charge in [-0.05, 0) is 59.1 Å². The van der Waals surface area contributed by atoms with Crippen LogP contribution in [-0.2, 0) is 38.8 Å². The highest BCUT2D eigenvalue weighted by atomic mass is 16.2. The van der Waals surface area contributed by atoms with Crippen molar-refractivity contribution in [2.75, 3.05) is 0 Å². The van der Waals surface area contributed by atoms with E-state index in [0.717, 1.165) is 33.4 Å². The van der Waals surface area contributed by atoms with Gasteiger partial charge < -0.3 is 0 Å². The number of nitrogens with zero attached hydrogens (tertiary/aromatic N) is 2. The lowest BCUT2D eigenvalue weighted by Crippen LogP contribution is -2.29. The first-order valence-corrected chi connectivity index (χ1v) is 13.6. The Hall–Kier alpha value is -4.84. The normalized spacial score (nSPS) is 15.9. The van der Waals surface area contributed by atoms with E-state index in [1.807, 2.05) is 84.9 Å². The van der Waals surface area contributed by atoms with Gasteiger partial charge in [0.15, 0.2) is 0 Å². The Morgan fingerprint density at radius 2 is 0.675 bits per heavy atom. The van der Waals surface area contributed by atoms with Gasteiger partial charge >= 0.3 is 0 Å². The second kappa shape index (κ2) is 9.42. The third-order valence-electron chi connectivity index (χ3n) is 8.29. The van der Waals surface area contributed by atoms with Crippen LogP contribution in [0.3, 0.4) is 0 Å². The van der Waals surface area contributed by atoms with Crippen LogP contribution in [-0.4, -0.2) is 33.4 Å². The zero-order valence-electron chi connectivity index (χ0n) is 21.9. The van der Waals surface area contributed by atoms with Crippen molar-refractivity contribution in [3.63, 3.8) is 0 Å². The van der Waals surface area contributed by atoms with Crippen LogP contribution < -0.4 is 0 Å². The monoisotopic (exact) mass is 526 g/mol. The Morgan fingerprint density at radius 3 is 0.950 bits per heavy atom. The summed E-state index contributed by atoms with van der Waals surface area (Å²) in [5, 5.41) is 0. The number of rotatable bonds is 4. The fourth-order valence-electron chi connectivity index (χ4n) is 6.27. The van der Waals surface area contributed by atoms with Crippen molar-refractivity contribution in [2.24, 2.45) is 0 Å². The lowest BCUT2D eigenvalue weighted by Gasteiger charge is -2.15. The highest BCUT2D eigenvalue weighted by Gasteiger charge is 2.41. The summed E-state index contributed by atoms with van der Waals surface area (Å²) in [4.78, 5) is 57.3. The van der Waals surface area contributed by atoms with E-state index in [4.69, 9.17) is 0 Å². The first-order valence-electron chi connectivity index (χ1n) is 13.6. The van der Waals surface area contributed by atoms with Crippen molar-refractivity contribution in [3.05, 3.63) is 141 Å². The molecule has 0 aromatic heterocycles. The van der Waals surface area contributed by atoms with E-state index in [0.29, 0.717) is 47.9 Å². The Labute approximate surface area is 231 Å². The van der Waals surface area contributed by atoms with Crippen molar-refractivity contribution in [2.45, 2.75) is 38.8 Å². The number of aryl methyl sites for hydroxylation is 4. The summed E-state index contributed by atoms with van der Waals surface area (Å²) >= 11 is 0. The van der Waals surface area contributed by atoms with Crippen LogP contribution in [0.25, 0.3) is 0 Å². The van der Waals surface area contributed by atoms with Crippen LogP contribution in [0.15, 0.2) is 84.9 Å². The molecule has 4 amide bonds. The fourth-order valence-corrected chi connectivity index (χ4v) is 6.27. The Kier molecular flexibility index (Phi) is 5.70. The number of carbonyl (C=O) groups excluding carboxylic acids is 4. The van der Waals surface area contributed by atoms with E-state index in [2.05, 4.69) is 0 Å². The zero-order valence-corrected chi connectivity index (χ0v) is 21.9. The quantitative estimate of drug-likeness (QED) is 0.344. The molecule has 40 heavy (non-hydrogen) atoms. The molecule has 0 spiro atoms. The maximum atomic E-state index is 13.7. The number of amides is 4. The maximum Gasteiger partial charge on any atom is 0.262 e. The van der Waals surface area contributed by atoms with Crippen LogP contribution in [0, 0.1) is 0 Å². The van der Waals surface area contributed by atoms with Gasteiger partial charge in [0.05, 0.1) is 35.3 Å². The van der Waals surface area contributed by atoms with E-state index in [-0.39, 0.29) is 36.7 Å². The molecule has 4 bridgehead atoms. The van der Waals surface area contributed by atoms with Gasteiger partial charge in [-0.3, -0.25) is 29.0 Å². The molecule has 6 nitrogen and oxygen atoms in total. The Bertz CT molecular complexity index is 1510. The number of imide groups is 2. The average Bonchev–Trinajstić information content (AvgIpc) is 3.37. The van der Waals surface area contributed by atoms with E-state index < -0.39 is 0 Å². The van der Waals surface area contributed by atoms with Crippen molar-refractivity contribution >= 4 is 23.6 Å². The van der Waals surface area contributed by atoms with E-state index in [1.165, 1.54) is 9.80 Å². The summed E-state index contributed by atoms with van der Waals surface area (Å²) in [7, 11) is 0. The van der Waals surface area contributed by atoms with Crippen LogP contribution >= 0.6 is 0 Å². The standard InChI is InChI=1S/C34H26N2O4/c37-31-27-23-11-12-24(28(27)32(38)35(31)19-21-7-3-1-4-8-21)16-18-26-14-13-25(17-15-23)29-30(26)34(40)36(33(29)39)20-22-9-5-2-6-10-22/h1-14H,15-20H2. The van der Waals surface area contributed by atoms with Crippen LogP contribution in [0.2, 0.25) is 0 Å². The summed E-state index contributed by atoms with van der Waals surface area (Å²) in [6.45, 7) is 0.441. The number of benzene rings is 4. The molecule has 0 fully saturated rings. The molecule has 196 valence electrons. The molecule has 2 aliphatic carbocycles. The lowest BCUT2D eigenvalue weighted by atomic mass is 9.86. The minimum Gasteiger partial charge on any atom is -0.270 e. The minimum absolute atomic E-state index is 0.221. The third-order valence-corrected chi connectivity index (χ3v) is 8.29. The molecule has 0 unspecified atom stereocenters.